The van der Waals surface area contributed by atoms with Gasteiger partial charge >= 0.3 is 0 Å². The summed E-state index contributed by atoms with van der Waals surface area (Å²) in [6.45, 7) is 8.82. The Labute approximate surface area is 127 Å². The Morgan fingerprint density at radius 1 is 1.10 bits per heavy atom. The van der Waals surface area contributed by atoms with Crippen LogP contribution < -0.4 is 0 Å². The third-order valence-corrected chi connectivity index (χ3v) is 4.78. The van der Waals surface area contributed by atoms with E-state index in [0.717, 1.165) is 36.7 Å². The van der Waals surface area contributed by atoms with Crippen molar-refractivity contribution in [2.75, 3.05) is 39.3 Å². The number of rotatable bonds is 6. The van der Waals surface area contributed by atoms with Crippen molar-refractivity contribution in [1.82, 2.24) is 9.80 Å². The van der Waals surface area contributed by atoms with Crippen molar-refractivity contribution in [2.24, 2.45) is 5.92 Å². The standard InChI is InChI=1S/C18H26N2O/c1-15-4-2-3-5-17(15)18(21)8-9-19-10-12-20(13-11-19)14-16-6-7-16/h2-5,16H,6-14H2,1H3. The van der Waals surface area contributed by atoms with Gasteiger partial charge in [-0.15, -0.1) is 0 Å². The number of carbonyl (C=O) groups is 1. The second kappa shape index (κ2) is 6.71. The van der Waals surface area contributed by atoms with Crippen LogP contribution in [0, 0.1) is 12.8 Å². The van der Waals surface area contributed by atoms with E-state index in [1.165, 1.54) is 32.5 Å². The number of piperazine rings is 1. The lowest BCUT2D eigenvalue weighted by Crippen LogP contribution is -2.47. The van der Waals surface area contributed by atoms with Crippen LogP contribution in [0.15, 0.2) is 24.3 Å². The molecule has 1 saturated carbocycles. The molecule has 21 heavy (non-hydrogen) atoms. The number of Topliss-reactive ketones (excluding diaryl/α,β-unsaturated/α-hetero) is 1. The maximum absolute atomic E-state index is 12.3. The summed E-state index contributed by atoms with van der Waals surface area (Å²) in [6.07, 6.45) is 3.52. The van der Waals surface area contributed by atoms with Crippen LogP contribution in [0.1, 0.15) is 35.2 Å². The van der Waals surface area contributed by atoms with E-state index in [0.29, 0.717) is 6.42 Å². The highest BCUT2D eigenvalue weighted by Crippen LogP contribution is 2.29. The molecule has 0 N–H and O–H groups in total. The second-order valence-electron chi connectivity index (χ2n) is 6.57. The Hall–Kier alpha value is -1.19. The van der Waals surface area contributed by atoms with Crippen molar-refractivity contribution in [3.05, 3.63) is 35.4 Å². The van der Waals surface area contributed by atoms with E-state index in [2.05, 4.69) is 9.80 Å². The van der Waals surface area contributed by atoms with Gasteiger partial charge in [-0.25, -0.2) is 0 Å². The molecule has 1 aliphatic heterocycles. The van der Waals surface area contributed by atoms with Gasteiger partial charge in [0.25, 0.3) is 0 Å². The number of nitrogens with zero attached hydrogens (tertiary/aromatic N) is 2. The fourth-order valence-corrected chi connectivity index (χ4v) is 3.14. The van der Waals surface area contributed by atoms with E-state index in [9.17, 15) is 4.79 Å². The van der Waals surface area contributed by atoms with Crippen LogP contribution in [0.4, 0.5) is 0 Å². The lowest BCUT2D eigenvalue weighted by Gasteiger charge is -2.34. The van der Waals surface area contributed by atoms with Crippen molar-refractivity contribution in [1.29, 1.82) is 0 Å². The summed E-state index contributed by atoms with van der Waals surface area (Å²) in [5.41, 5.74) is 1.99. The Balaban J connectivity index is 1.41. The van der Waals surface area contributed by atoms with E-state index >= 15 is 0 Å². The maximum Gasteiger partial charge on any atom is 0.164 e. The van der Waals surface area contributed by atoms with Gasteiger partial charge in [-0.1, -0.05) is 24.3 Å². The number of benzene rings is 1. The van der Waals surface area contributed by atoms with E-state index < -0.39 is 0 Å². The molecule has 1 saturated heterocycles. The Morgan fingerprint density at radius 2 is 1.76 bits per heavy atom. The van der Waals surface area contributed by atoms with Crippen molar-refractivity contribution in [3.63, 3.8) is 0 Å². The zero-order chi connectivity index (χ0) is 14.7. The van der Waals surface area contributed by atoms with Crippen LogP contribution in [0.25, 0.3) is 0 Å². The number of aryl methyl sites for hydroxylation is 1. The van der Waals surface area contributed by atoms with Gasteiger partial charge in [-0.05, 0) is 31.2 Å². The minimum Gasteiger partial charge on any atom is -0.301 e. The largest absolute Gasteiger partial charge is 0.301 e. The molecule has 0 spiro atoms. The van der Waals surface area contributed by atoms with Crippen molar-refractivity contribution >= 4 is 5.78 Å². The van der Waals surface area contributed by atoms with Gasteiger partial charge in [-0.3, -0.25) is 4.79 Å². The van der Waals surface area contributed by atoms with Crippen LogP contribution in [0.3, 0.4) is 0 Å². The lowest BCUT2D eigenvalue weighted by atomic mass is 10.0. The number of hydrogen-bond acceptors (Lipinski definition) is 3. The molecule has 0 amide bonds. The number of hydrogen-bond donors (Lipinski definition) is 0. The molecule has 0 radical (unpaired) electrons. The van der Waals surface area contributed by atoms with Gasteiger partial charge in [-0.2, -0.15) is 0 Å². The van der Waals surface area contributed by atoms with Gasteiger partial charge in [0.05, 0.1) is 0 Å². The minimum absolute atomic E-state index is 0.286. The molecule has 1 aromatic carbocycles. The van der Waals surface area contributed by atoms with E-state index in [1.807, 2.05) is 31.2 Å². The molecule has 2 fully saturated rings. The molecule has 3 rings (SSSR count). The maximum atomic E-state index is 12.3. The monoisotopic (exact) mass is 286 g/mol. The molecule has 1 aromatic rings. The van der Waals surface area contributed by atoms with E-state index in [1.54, 1.807) is 0 Å². The van der Waals surface area contributed by atoms with E-state index in [-0.39, 0.29) is 5.78 Å². The van der Waals surface area contributed by atoms with Gasteiger partial charge < -0.3 is 9.80 Å². The fraction of sp³-hybridized carbons (Fsp3) is 0.611. The molecule has 0 aromatic heterocycles. The summed E-state index contributed by atoms with van der Waals surface area (Å²) in [7, 11) is 0. The van der Waals surface area contributed by atoms with Crippen LogP contribution >= 0.6 is 0 Å². The van der Waals surface area contributed by atoms with Gasteiger partial charge in [0.15, 0.2) is 5.78 Å². The molecule has 2 aliphatic rings. The summed E-state index contributed by atoms with van der Waals surface area (Å²) in [5, 5.41) is 0. The first-order chi connectivity index (χ1) is 10.2. The molecule has 3 heteroatoms. The summed E-state index contributed by atoms with van der Waals surface area (Å²) in [6, 6.07) is 7.91. The first-order valence-corrected chi connectivity index (χ1v) is 8.26. The minimum atomic E-state index is 0.286. The first-order valence-electron chi connectivity index (χ1n) is 8.26. The van der Waals surface area contributed by atoms with Crippen LogP contribution in [-0.4, -0.2) is 54.9 Å². The molecule has 3 nitrogen and oxygen atoms in total. The Kier molecular flexibility index (Phi) is 4.71. The smallest absolute Gasteiger partial charge is 0.164 e. The van der Waals surface area contributed by atoms with Gasteiger partial charge in [0.2, 0.25) is 0 Å². The molecule has 0 bridgehead atoms. The molecule has 114 valence electrons. The summed E-state index contributed by atoms with van der Waals surface area (Å²) < 4.78 is 0. The van der Waals surface area contributed by atoms with Crippen molar-refractivity contribution in [2.45, 2.75) is 26.2 Å². The highest BCUT2D eigenvalue weighted by molar-refractivity contribution is 5.97. The van der Waals surface area contributed by atoms with Crippen molar-refractivity contribution in [3.8, 4) is 0 Å². The normalized spacial score (nSPS) is 20.6. The molecular weight excluding hydrogens is 260 g/mol. The average Bonchev–Trinajstić information content (AvgIpc) is 3.31. The molecular formula is C18H26N2O. The second-order valence-corrected chi connectivity index (χ2v) is 6.57. The molecule has 1 aliphatic carbocycles. The Morgan fingerprint density at radius 3 is 2.43 bits per heavy atom. The summed E-state index contributed by atoms with van der Waals surface area (Å²) in [4.78, 5) is 17.3. The quantitative estimate of drug-likeness (QED) is 0.751. The number of ketones is 1. The SMILES string of the molecule is Cc1ccccc1C(=O)CCN1CCN(CC2CC2)CC1. The topological polar surface area (TPSA) is 23.6 Å². The summed E-state index contributed by atoms with van der Waals surface area (Å²) >= 11 is 0. The first kappa shape index (κ1) is 14.7. The summed E-state index contributed by atoms with van der Waals surface area (Å²) in [5.74, 6) is 1.27. The molecule has 1 heterocycles. The van der Waals surface area contributed by atoms with E-state index in [4.69, 9.17) is 0 Å². The zero-order valence-corrected chi connectivity index (χ0v) is 13.1. The lowest BCUT2D eigenvalue weighted by molar-refractivity contribution is 0.0924. The molecule has 0 atom stereocenters. The van der Waals surface area contributed by atoms with Crippen LogP contribution in [0.5, 0.6) is 0 Å². The average molecular weight is 286 g/mol. The predicted octanol–water partition coefficient (Wildman–Crippen LogP) is 2.60. The van der Waals surface area contributed by atoms with Crippen LogP contribution in [-0.2, 0) is 0 Å². The highest BCUT2D eigenvalue weighted by Gasteiger charge is 2.26. The number of carbonyl (C=O) groups excluding carboxylic acids is 1. The fourth-order valence-electron chi connectivity index (χ4n) is 3.14. The van der Waals surface area contributed by atoms with Gasteiger partial charge in [0, 0.05) is 51.3 Å². The zero-order valence-electron chi connectivity index (χ0n) is 13.1. The predicted molar refractivity (Wildman–Crippen MR) is 85.7 cm³/mol. The Bertz CT molecular complexity index is 488. The molecule has 0 unspecified atom stereocenters. The van der Waals surface area contributed by atoms with Crippen molar-refractivity contribution < 1.29 is 4.79 Å². The highest BCUT2D eigenvalue weighted by atomic mass is 16.1. The van der Waals surface area contributed by atoms with Crippen LogP contribution in [0.2, 0.25) is 0 Å². The third-order valence-electron chi connectivity index (χ3n) is 4.78. The van der Waals surface area contributed by atoms with Gasteiger partial charge in [0.1, 0.15) is 0 Å². The third kappa shape index (κ3) is 4.14.